The van der Waals surface area contributed by atoms with Crippen LogP contribution in [0.1, 0.15) is 64.4 Å². The second-order valence-corrected chi connectivity index (χ2v) is 8.42. The van der Waals surface area contributed by atoms with Crippen molar-refractivity contribution in [3.05, 3.63) is 46.0 Å². The Labute approximate surface area is 195 Å². The van der Waals surface area contributed by atoms with Gasteiger partial charge in [-0.2, -0.15) is 0 Å². The summed E-state index contributed by atoms with van der Waals surface area (Å²) < 4.78 is 0. The summed E-state index contributed by atoms with van der Waals surface area (Å²) in [5.41, 5.74) is 8.45. The first-order valence-electron chi connectivity index (χ1n) is 11.6. The van der Waals surface area contributed by atoms with Crippen LogP contribution in [0.2, 0.25) is 0 Å². The quantitative estimate of drug-likeness (QED) is 0.0972. The first-order chi connectivity index (χ1) is 15.8. The number of carbonyl (C=O) groups is 2. The number of nitrogens with zero attached hydrogens (tertiary/aromatic N) is 2. The number of carbonyl (C=O) groups excluding carboxylic acids is 2. The van der Waals surface area contributed by atoms with Crippen LogP contribution in [-0.2, 0) is 16.0 Å². The molecule has 184 valence electrons. The highest BCUT2D eigenvalue weighted by molar-refractivity contribution is 5.87. The van der Waals surface area contributed by atoms with E-state index in [9.17, 15) is 19.7 Å². The van der Waals surface area contributed by atoms with Gasteiger partial charge < -0.3 is 16.4 Å². The monoisotopic (exact) mass is 462 g/mol. The molecule has 10 nitrogen and oxygen atoms in total. The lowest BCUT2D eigenvalue weighted by atomic mass is 10.1. The van der Waals surface area contributed by atoms with Gasteiger partial charge in [0.15, 0.2) is 5.03 Å². The number of unbranched alkanes of at least 4 members (excludes halogenated alkanes) is 2. The van der Waals surface area contributed by atoms with Crippen LogP contribution in [0.4, 0.5) is 0 Å². The van der Waals surface area contributed by atoms with Crippen molar-refractivity contribution in [2.45, 2.75) is 71.3 Å². The molecule has 1 rings (SSSR count). The summed E-state index contributed by atoms with van der Waals surface area (Å²) in [5.74, 6) is -0.219. The van der Waals surface area contributed by atoms with Crippen molar-refractivity contribution >= 4 is 17.8 Å². The number of rotatable bonds is 16. The minimum Gasteiger partial charge on any atom is -0.365 e. The lowest BCUT2D eigenvalue weighted by Crippen LogP contribution is -2.47. The molecule has 1 aromatic carbocycles. The van der Waals surface area contributed by atoms with E-state index in [1.807, 2.05) is 18.2 Å². The molecule has 2 amide bonds. The third-order valence-electron chi connectivity index (χ3n) is 5.02. The van der Waals surface area contributed by atoms with Crippen LogP contribution < -0.4 is 21.8 Å². The van der Waals surface area contributed by atoms with Crippen LogP contribution in [0.15, 0.2) is 35.3 Å². The number of amides is 2. The van der Waals surface area contributed by atoms with E-state index < -0.39 is 11.1 Å². The Morgan fingerprint density at radius 3 is 2.48 bits per heavy atom. The molecule has 0 spiro atoms. The number of hydrogen-bond acceptors (Lipinski definition) is 5. The standard InChI is InChI=1S/C23H38N6O4/c1-18(2)15-17-25-22(31)20(13-9-16-26-23(24)28-29(32)33)27-21(30)14-8-4-7-12-19-10-5-3-6-11-19/h3,5-6,10-11,18,20H,4,7-9,12-17H2,1-2H3,(H,25,31)(H,27,30)(H3,24,26,28)/t20-/m0/s1. The summed E-state index contributed by atoms with van der Waals surface area (Å²) in [6.45, 7) is 4.90. The van der Waals surface area contributed by atoms with Gasteiger partial charge in [0.1, 0.15) is 6.04 Å². The Morgan fingerprint density at radius 2 is 1.82 bits per heavy atom. The molecule has 10 heteroatoms. The van der Waals surface area contributed by atoms with Gasteiger partial charge in [-0.15, -0.1) is 0 Å². The van der Waals surface area contributed by atoms with Crippen LogP contribution in [0.25, 0.3) is 0 Å². The zero-order chi connectivity index (χ0) is 24.5. The maximum Gasteiger partial charge on any atom is 0.251 e. The molecule has 0 saturated heterocycles. The van der Waals surface area contributed by atoms with Gasteiger partial charge in [0, 0.05) is 19.5 Å². The SMILES string of the molecule is CC(C)CCNC(=O)[C@H](CCCN=C(N)N[N+](=O)[O-])NC(=O)CCCCCc1ccccc1. The third kappa shape index (κ3) is 14.5. The van der Waals surface area contributed by atoms with Gasteiger partial charge >= 0.3 is 0 Å². The first kappa shape index (κ1) is 27.9. The van der Waals surface area contributed by atoms with Gasteiger partial charge in [-0.1, -0.05) is 56.0 Å². The Hall–Kier alpha value is -3.17. The average Bonchev–Trinajstić information content (AvgIpc) is 2.75. The Morgan fingerprint density at radius 1 is 1.09 bits per heavy atom. The summed E-state index contributed by atoms with van der Waals surface area (Å²) in [4.78, 5) is 39.2. The molecule has 0 unspecified atom stereocenters. The van der Waals surface area contributed by atoms with Gasteiger partial charge in [0.25, 0.3) is 5.96 Å². The molecule has 0 radical (unpaired) electrons. The highest BCUT2D eigenvalue weighted by Crippen LogP contribution is 2.08. The predicted octanol–water partition coefficient (Wildman–Crippen LogP) is 2.31. The van der Waals surface area contributed by atoms with Crippen molar-refractivity contribution in [1.82, 2.24) is 16.1 Å². The number of hydrogen-bond donors (Lipinski definition) is 4. The van der Waals surface area contributed by atoms with E-state index in [1.54, 1.807) is 5.43 Å². The number of aliphatic imine (C=N–C) groups is 1. The average molecular weight is 463 g/mol. The Balaban J connectivity index is 2.44. The predicted molar refractivity (Wildman–Crippen MR) is 129 cm³/mol. The lowest BCUT2D eigenvalue weighted by Gasteiger charge is -2.19. The fourth-order valence-electron chi connectivity index (χ4n) is 3.20. The van der Waals surface area contributed by atoms with Crippen molar-refractivity contribution in [1.29, 1.82) is 0 Å². The molecule has 1 aromatic rings. The normalized spacial score (nSPS) is 12.3. The van der Waals surface area contributed by atoms with E-state index in [1.165, 1.54) is 5.56 Å². The smallest absolute Gasteiger partial charge is 0.251 e. The van der Waals surface area contributed by atoms with Crippen molar-refractivity contribution < 1.29 is 14.6 Å². The van der Waals surface area contributed by atoms with Gasteiger partial charge in [0.05, 0.1) is 0 Å². The van der Waals surface area contributed by atoms with Crippen molar-refractivity contribution in [2.75, 3.05) is 13.1 Å². The van der Waals surface area contributed by atoms with E-state index in [-0.39, 0.29) is 24.3 Å². The zero-order valence-corrected chi connectivity index (χ0v) is 19.7. The topological polar surface area (TPSA) is 152 Å². The molecule has 0 aliphatic heterocycles. The van der Waals surface area contributed by atoms with Crippen LogP contribution in [0.5, 0.6) is 0 Å². The van der Waals surface area contributed by atoms with E-state index in [4.69, 9.17) is 5.73 Å². The second-order valence-electron chi connectivity index (χ2n) is 8.42. The van der Waals surface area contributed by atoms with Crippen molar-refractivity contribution in [2.24, 2.45) is 16.6 Å². The number of nitrogens with one attached hydrogen (secondary N) is 3. The number of nitrogens with two attached hydrogens (primary N) is 1. The van der Waals surface area contributed by atoms with Crippen molar-refractivity contribution in [3.63, 3.8) is 0 Å². The highest BCUT2D eigenvalue weighted by Gasteiger charge is 2.20. The van der Waals surface area contributed by atoms with Gasteiger partial charge in [0.2, 0.25) is 11.8 Å². The lowest BCUT2D eigenvalue weighted by molar-refractivity contribution is -0.525. The van der Waals surface area contributed by atoms with Gasteiger partial charge in [-0.05, 0) is 50.0 Å². The summed E-state index contributed by atoms with van der Waals surface area (Å²) in [6.07, 6.45) is 5.71. The van der Waals surface area contributed by atoms with Crippen molar-refractivity contribution in [3.8, 4) is 0 Å². The van der Waals surface area contributed by atoms with E-state index >= 15 is 0 Å². The maximum absolute atomic E-state index is 12.6. The number of guanidine groups is 1. The molecule has 0 fully saturated rings. The van der Waals surface area contributed by atoms with Gasteiger partial charge in [-0.25, -0.2) is 15.1 Å². The number of nitro groups is 1. The number of hydrazine groups is 1. The molecule has 0 aliphatic rings. The fourth-order valence-corrected chi connectivity index (χ4v) is 3.20. The molecular weight excluding hydrogens is 424 g/mol. The van der Waals surface area contributed by atoms with Gasteiger partial charge in [-0.3, -0.25) is 9.59 Å². The Bertz CT molecular complexity index is 755. The van der Waals surface area contributed by atoms with Crippen LogP contribution >= 0.6 is 0 Å². The Kier molecular flexibility index (Phi) is 13.9. The van der Waals surface area contributed by atoms with Crippen LogP contribution in [0, 0.1) is 16.0 Å². The number of aryl methyl sites for hydroxylation is 1. The molecular formula is C23H38N6O4. The zero-order valence-electron chi connectivity index (χ0n) is 19.7. The summed E-state index contributed by atoms with van der Waals surface area (Å²) in [5, 5.41) is 15.3. The molecule has 0 saturated carbocycles. The maximum atomic E-state index is 12.6. The molecule has 1 atom stereocenters. The summed E-state index contributed by atoms with van der Waals surface area (Å²) in [6, 6.07) is 9.56. The fraction of sp³-hybridized carbons (Fsp3) is 0.609. The molecule has 0 heterocycles. The van der Waals surface area contributed by atoms with E-state index in [0.29, 0.717) is 31.7 Å². The van der Waals surface area contributed by atoms with Crippen LogP contribution in [0.3, 0.4) is 0 Å². The highest BCUT2D eigenvalue weighted by atomic mass is 16.7. The molecule has 0 aromatic heterocycles. The largest absolute Gasteiger partial charge is 0.365 e. The summed E-state index contributed by atoms with van der Waals surface area (Å²) >= 11 is 0. The molecule has 5 N–H and O–H groups in total. The first-order valence-corrected chi connectivity index (χ1v) is 11.6. The van der Waals surface area contributed by atoms with Crippen LogP contribution in [-0.4, -0.2) is 41.9 Å². The summed E-state index contributed by atoms with van der Waals surface area (Å²) in [7, 11) is 0. The molecule has 0 bridgehead atoms. The third-order valence-corrected chi connectivity index (χ3v) is 5.02. The minimum atomic E-state index is -0.788. The minimum absolute atomic E-state index is 0.156. The second kappa shape index (κ2) is 16.5. The van der Waals surface area contributed by atoms with E-state index in [0.717, 1.165) is 32.1 Å². The van der Waals surface area contributed by atoms with E-state index in [2.05, 4.69) is 41.6 Å². The number of benzene rings is 1. The molecule has 33 heavy (non-hydrogen) atoms. The molecule has 0 aliphatic carbocycles.